The largest absolute Gasteiger partial charge is 0.506 e. The number of phenols is 1. The second-order valence-corrected chi connectivity index (χ2v) is 6.38. The van der Waals surface area contributed by atoms with E-state index in [2.05, 4.69) is 49.9 Å². The number of rotatable bonds is 5. The first-order chi connectivity index (χ1) is 12.1. The molecule has 0 saturated carbocycles. The first kappa shape index (κ1) is 17.4. The Bertz CT molecular complexity index is 922. The molecule has 0 radical (unpaired) electrons. The van der Waals surface area contributed by atoms with Crippen molar-refractivity contribution in [1.29, 1.82) is 0 Å². The van der Waals surface area contributed by atoms with Crippen molar-refractivity contribution in [2.45, 2.75) is 13.8 Å². The highest BCUT2D eigenvalue weighted by molar-refractivity contribution is 9.10. The normalized spacial score (nSPS) is 11.3. The first-order valence-corrected chi connectivity index (χ1v) is 8.96. The standard InChI is InChI=1S/C19H19BrN4O/c1-3-24(4-2)13-8-10-17(18(25)12-13)22-23-19-11-9-14-15(20)6-5-7-16(14)21-19/h5-12,25H,3-4H2,1-2H3. The maximum absolute atomic E-state index is 10.2. The number of phenolic OH excluding ortho intramolecular Hbond substituents is 1. The predicted molar refractivity (Wildman–Crippen MR) is 105 cm³/mol. The van der Waals surface area contributed by atoms with Gasteiger partial charge in [-0.05, 0) is 50.2 Å². The van der Waals surface area contributed by atoms with Crippen molar-refractivity contribution in [3.05, 3.63) is 53.0 Å². The Balaban J connectivity index is 1.87. The quantitative estimate of drug-likeness (QED) is 0.538. The molecule has 0 spiro atoms. The molecule has 2 aromatic carbocycles. The Morgan fingerprint density at radius 3 is 2.56 bits per heavy atom. The molecule has 0 fully saturated rings. The Hall–Kier alpha value is -2.47. The molecule has 0 saturated heterocycles. The number of halogens is 1. The Labute approximate surface area is 155 Å². The second kappa shape index (κ2) is 7.61. The van der Waals surface area contributed by atoms with Crippen LogP contribution in [0.15, 0.2) is 63.2 Å². The van der Waals surface area contributed by atoms with E-state index >= 15 is 0 Å². The van der Waals surface area contributed by atoms with Crippen LogP contribution in [0.25, 0.3) is 10.9 Å². The van der Waals surface area contributed by atoms with E-state index in [-0.39, 0.29) is 5.75 Å². The molecule has 0 aliphatic heterocycles. The molecule has 1 heterocycles. The van der Waals surface area contributed by atoms with Gasteiger partial charge in [0, 0.05) is 34.7 Å². The summed E-state index contributed by atoms with van der Waals surface area (Å²) < 4.78 is 0.991. The fraction of sp³-hybridized carbons (Fsp3) is 0.211. The average molecular weight is 399 g/mol. The van der Waals surface area contributed by atoms with Crippen molar-refractivity contribution in [2.75, 3.05) is 18.0 Å². The summed E-state index contributed by atoms with van der Waals surface area (Å²) in [5.74, 6) is 0.606. The number of hydrogen-bond donors (Lipinski definition) is 1. The minimum atomic E-state index is 0.108. The van der Waals surface area contributed by atoms with E-state index in [4.69, 9.17) is 0 Å². The summed E-state index contributed by atoms with van der Waals surface area (Å²) in [6, 6.07) is 15.0. The highest BCUT2D eigenvalue weighted by Crippen LogP contribution is 2.32. The van der Waals surface area contributed by atoms with Gasteiger partial charge >= 0.3 is 0 Å². The van der Waals surface area contributed by atoms with Crippen LogP contribution in [0.5, 0.6) is 5.75 Å². The summed E-state index contributed by atoms with van der Waals surface area (Å²) in [5.41, 5.74) is 2.23. The third-order valence-corrected chi connectivity index (χ3v) is 4.70. The van der Waals surface area contributed by atoms with E-state index < -0.39 is 0 Å². The summed E-state index contributed by atoms with van der Waals surface area (Å²) >= 11 is 3.51. The van der Waals surface area contributed by atoms with Gasteiger partial charge in [-0.3, -0.25) is 0 Å². The lowest BCUT2D eigenvalue weighted by Crippen LogP contribution is -2.21. The molecule has 25 heavy (non-hydrogen) atoms. The minimum Gasteiger partial charge on any atom is -0.506 e. The molecule has 0 aliphatic rings. The van der Waals surface area contributed by atoms with E-state index in [0.717, 1.165) is 34.2 Å². The highest BCUT2D eigenvalue weighted by Gasteiger charge is 2.07. The summed E-state index contributed by atoms with van der Waals surface area (Å²) in [7, 11) is 0. The molecule has 3 rings (SSSR count). The number of hydrogen-bond acceptors (Lipinski definition) is 5. The molecule has 1 aromatic heterocycles. The molecular weight excluding hydrogens is 380 g/mol. The van der Waals surface area contributed by atoms with E-state index in [1.807, 2.05) is 30.3 Å². The lowest BCUT2D eigenvalue weighted by molar-refractivity contribution is 0.476. The molecule has 0 unspecified atom stereocenters. The number of fused-ring (bicyclic) bond motifs is 1. The van der Waals surface area contributed by atoms with Crippen molar-refractivity contribution in [3.63, 3.8) is 0 Å². The molecule has 0 bridgehead atoms. The zero-order chi connectivity index (χ0) is 17.8. The van der Waals surface area contributed by atoms with Crippen LogP contribution in [0.4, 0.5) is 17.2 Å². The lowest BCUT2D eigenvalue weighted by Gasteiger charge is -2.21. The van der Waals surface area contributed by atoms with Gasteiger partial charge in [0.1, 0.15) is 11.4 Å². The molecule has 3 aromatic rings. The van der Waals surface area contributed by atoms with Gasteiger partial charge in [-0.2, -0.15) is 0 Å². The van der Waals surface area contributed by atoms with Crippen LogP contribution in [-0.2, 0) is 0 Å². The smallest absolute Gasteiger partial charge is 0.174 e. The van der Waals surface area contributed by atoms with Crippen molar-refractivity contribution in [3.8, 4) is 5.75 Å². The number of aromatic hydroxyl groups is 1. The van der Waals surface area contributed by atoms with Gasteiger partial charge in [0.2, 0.25) is 0 Å². The molecule has 128 valence electrons. The first-order valence-electron chi connectivity index (χ1n) is 8.17. The van der Waals surface area contributed by atoms with Gasteiger partial charge in [-0.15, -0.1) is 10.2 Å². The Morgan fingerprint density at radius 2 is 1.84 bits per heavy atom. The zero-order valence-corrected chi connectivity index (χ0v) is 15.7. The second-order valence-electron chi connectivity index (χ2n) is 5.52. The lowest BCUT2D eigenvalue weighted by atomic mass is 10.2. The van der Waals surface area contributed by atoms with Gasteiger partial charge in [0.05, 0.1) is 5.52 Å². The van der Waals surface area contributed by atoms with Gasteiger partial charge in [-0.25, -0.2) is 4.98 Å². The van der Waals surface area contributed by atoms with Crippen LogP contribution in [0.1, 0.15) is 13.8 Å². The summed E-state index contributed by atoms with van der Waals surface area (Å²) in [6.45, 7) is 5.93. The Kier molecular flexibility index (Phi) is 5.28. The summed E-state index contributed by atoms with van der Waals surface area (Å²) in [5, 5.41) is 19.5. The van der Waals surface area contributed by atoms with Crippen molar-refractivity contribution in [1.82, 2.24) is 4.98 Å². The number of aromatic nitrogens is 1. The molecule has 0 atom stereocenters. The van der Waals surface area contributed by atoms with Gasteiger partial charge in [0.15, 0.2) is 5.82 Å². The average Bonchev–Trinajstić information content (AvgIpc) is 2.62. The van der Waals surface area contributed by atoms with E-state index in [0.29, 0.717) is 11.5 Å². The number of anilines is 1. The third-order valence-electron chi connectivity index (χ3n) is 4.01. The van der Waals surface area contributed by atoms with Crippen molar-refractivity contribution >= 4 is 44.0 Å². The minimum absolute atomic E-state index is 0.108. The summed E-state index contributed by atoms with van der Waals surface area (Å²) in [4.78, 5) is 6.63. The predicted octanol–water partition coefficient (Wildman–Crippen LogP) is 5.96. The molecule has 5 nitrogen and oxygen atoms in total. The third kappa shape index (κ3) is 3.79. The van der Waals surface area contributed by atoms with Crippen LogP contribution in [0, 0.1) is 0 Å². The highest BCUT2D eigenvalue weighted by atomic mass is 79.9. The van der Waals surface area contributed by atoms with Crippen molar-refractivity contribution < 1.29 is 5.11 Å². The van der Waals surface area contributed by atoms with Crippen LogP contribution < -0.4 is 4.90 Å². The van der Waals surface area contributed by atoms with Gasteiger partial charge < -0.3 is 10.0 Å². The maximum atomic E-state index is 10.2. The van der Waals surface area contributed by atoms with E-state index in [9.17, 15) is 5.11 Å². The van der Waals surface area contributed by atoms with E-state index in [1.165, 1.54) is 0 Å². The molecule has 6 heteroatoms. The molecule has 1 N–H and O–H groups in total. The molecule has 0 amide bonds. The molecular formula is C19H19BrN4O. The van der Waals surface area contributed by atoms with Gasteiger partial charge in [-0.1, -0.05) is 22.0 Å². The summed E-state index contributed by atoms with van der Waals surface area (Å²) in [6.07, 6.45) is 0. The number of nitrogens with zero attached hydrogens (tertiary/aromatic N) is 4. The topological polar surface area (TPSA) is 61.1 Å². The zero-order valence-electron chi connectivity index (χ0n) is 14.1. The monoisotopic (exact) mass is 398 g/mol. The number of benzene rings is 2. The number of azo groups is 1. The Morgan fingerprint density at radius 1 is 1.04 bits per heavy atom. The van der Waals surface area contributed by atoms with Crippen LogP contribution >= 0.6 is 15.9 Å². The SMILES string of the molecule is CCN(CC)c1ccc(N=Nc2ccc3c(Br)cccc3n2)c(O)c1. The van der Waals surface area contributed by atoms with Crippen LogP contribution in [-0.4, -0.2) is 23.2 Å². The fourth-order valence-electron chi connectivity index (χ4n) is 2.65. The van der Waals surface area contributed by atoms with Crippen molar-refractivity contribution in [2.24, 2.45) is 10.2 Å². The van der Waals surface area contributed by atoms with Gasteiger partial charge in [0.25, 0.3) is 0 Å². The van der Waals surface area contributed by atoms with Crippen LogP contribution in [0.2, 0.25) is 0 Å². The van der Waals surface area contributed by atoms with E-state index in [1.54, 1.807) is 18.2 Å². The number of pyridine rings is 1. The van der Waals surface area contributed by atoms with Crippen LogP contribution in [0.3, 0.4) is 0 Å². The maximum Gasteiger partial charge on any atom is 0.174 e. The molecule has 0 aliphatic carbocycles. The fourth-order valence-corrected chi connectivity index (χ4v) is 3.14.